The maximum absolute atomic E-state index is 14.5. The number of pyridine rings is 1. The lowest BCUT2D eigenvalue weighted by atomic mass is 10.2. The quantitative estimate of drug-likeness (QED) is 0.611. The lowest BCUT2D eigenvalue weighted by Crippen LogP contribution is -2.15. The highest BCUT2D eigenvalue weighted by atomic mass is 35.5. The number of rotatable bonds is 5. The molecule has 3 aromatic rings. The molecule has 2 aromatic heterocycles. The molecule has 0 N–H and O–H groups in total. The molecule has 0 saturated heterocycles. The highest BCUT2D eigenvalue weighted by molar-refractivity contribution is 6.30. The Kier molecular flexibility index (Phi) is 4.07. The van der Waals surface area contributed by atoms with Crippen LogP contribution in [0.5, 0.6) is 5.75 Å². The summed E-state index contributed by atoms with van der Waals surface area (Å²) in [6, 6.07) is 5.81. The third kappa shape index (κ3) is 3.01. The second-order valence-corrected chi connectivity index (χ2v) is 6.34. The third-order valence-electron chi connectivity index (χ3n) is 4.08. The topological polar surface area (TPSA) is 51.1 Å². The van der Waals surface area contributed by atoms with Crippen molar-refractivity contribution in [1.82, 2.24) is 15.0 Å². The smallest absolute Gasteiger partial charge is 0.202 e. The first-order chi connectivity index (χ1) is 12.5. The molecule has 9 heteroatoms. The maximum atomic E-state index is 14.5. The molecule has 1 aliphatic carbocycles. The van der Waals surface area contributed by atoms with Crippen molar-refractivity contribution < 1.29 is 17.9 Å². The van der Waals surface area contributed by atoms with Gasteiger partial charge in [0.05, 0.1) is 11.2 Å². The van der Waals surface area contributed by atoms with Gasteiger partial charge < -0.3 is 4.74 Å². The summed E-state index contributed by atoms with van der Waals surface area (Å²) in [5, 5.41) is 0. The average molecular weight is 381 g/mol. The van der Waals surface area contributed by atoms with Crippen LogP contribution in [0.1, 0.15) is 12.8 Å². The Bertz CT molecular complexity index is 978. The maximum Gasteiger partial charge on any atom is 0.202 e. The van der Waals surface area contributed by atoms with Crippen molar-refractivity contribution in [2.24, 2.45) is 0 Å². The Labute approximate surface area is 151 Å². The van der Waals surface area contributed by atoms with Gasteiger partial charge in [0.1, 0.15) is 24.1 Å². The second-order valence-electron chi connectivity index (χ2n) is 6.00. The van der Waals surface area contributed by atoms with Gasteiger partial charge in [-0.05, 0) is 37.1 Å². The zero-order chi connectivity index (χ0) is 18.3. The molecule has 1 saturated carbocycles. The SMILES string of the molecule is Fc1c(OCC2(F)CC2)ccc(N(Cl)c2ncnc3cccnc23)c1F. The van der Waals surface area contributed by atoms with Gasteiger partial charge in [-0.15, -0.1) is 0 Å². The molecule has 0 bridgehead atoms. The Morgan fingerprint density at radius 1 is 1.12 bits per heavy atom. The molecule has 5 nitrogen and oxygen atoms in total. The highest BCUT2D eigenvalue weighted by Crippen LogP contribution is 2.41. The van der Waals surface area contributed by atoms with Gasteiger partial charge in [-0.2, -0.15) is 4.39 Å². The summed E-state index contributed by atoms with van der Waals surface area (Å²) >= 11 is 6.20. The van der Waals surface area contributed by atoms with E-state index in [0.717, 1.165) is 4.42 Å². The van der Waals surface area contributed by atoms with Crippen LogP contribution in [0.3, 0.4) is 0 Å². The number of hydrogen-bond acceptors (Lipinski definition) is 5. The van der Waals surface area contributed by atoms with Crippen molar-refractivity contribution in [2.75, 3.05) is 11.0 Å². The Hall–Kier alpha value is -2.61. The molecule has 1 aromatic carbocycles. The molecular formula is C17H12ClF3N4O. The number of hydrogen-bond donors (Lipinski definition) is 0. The number of halogens is 4. The summed E-state index contributed by atoms with van der Waals surface area (Å²) in [5.74, 6) is -2.75. The number of anilines is 2. The fraction of sp³-hybridized carbons (Fsp3) is 0.235. The average Bonchev–Trinajstić information content (AvgIpc) is 3.39. The zero-order valence-electron chi connectivity index (χ0n) is 13.3. The first-order valence-corrected chi connectivity index (χ1v) is 8.14. The monoisotopic (exact) mass is 380 g/mol. The van der Waals surface area contributed by atoms with Crippen molar-refractivity contribution in [2.45, 2.75) is 18.5 Å². The van der Waals surface area contributed by atoms with Crippen molar-refractivity contribution in [3.63, 3.8) is 0 Å². The van der Waals surface area contributed by atoms with Crippen LogP contribution in [0.4, 0.5) is 24.7 Å². The number of aromatic nitrogens is 3. The highest BCUT2D eigenvalue weighted by Gasteiger charge is 2.44. The standard InChI is InChI=1S/C17H12ClF3N4O/c18-25(16-15-10(23-9-24-16)2-1-7-22-15)11-3-4-12(14(20)13(11)19)26-8-17(21)5-6-17/h1-4,7,9H,5-6,8H2. The molecule has 0 atom stereocenters. The second kappa shape index (κ2) is 6.28. The van der Waals surface area contributed by atoms with Crippen LogP contribution >= 0.6 is 11.8 Å². The first kappa shape index (κ1) is 16.8. The van der Waals surface area contributed by atoms with Crippen LogP contribution in [-0.4, -0.2) is 27.2 Å². The number of alkyl halides is 1. The lowest BCUT2D eigenvalue weighted by molar-refractivity contribution is 0.171. The molecule has 0 amide bonds. The Morgan fingerprint density at radius 2 is 1.92 bits per heavy atom. The molecule has 26 heavy (non-hydrogen) atoms. The molecule has 134 valence electrons. The predicted molar refractivity (Wildman–Crippen MR) is 90.3 cm³/mol. The van der Waals surface area contributed by atoms with Crippen molar-refractivity contribution in [1.29, 1.82) is 0 Å². The van der Waals surface area contributed by atoms with E-state index in [1.165, 1.54) is 24.7 Å². The van der Waals surface area contributed by atoms with Gasteiger partial charge in [0.25, 0.3) is 0 Å². The van der Waals surface area contributed by atoms with Crippen LogP contribution in [0.15, 0.2) is 36.8 Å². The molecule has 2 heterocycles. The lowest BCUT2D eigenvalue weighted by Gasteiger charge is -2.18. The molecule has 0 aliphatic heterocycles. The van der Waals surface area contributed by atoms with E-state index in [0.29, 0.717) is 23.9 Å². The minimum atomic E-state index is -1.44. The summed E-state index contributed by atoms with van der Waals surface area (Å²) in [7, 11) is 0. The van der Waals surface area contributed by atoms with E-state index in [2.05, 4.69) is 15.0 Å². The normalized spacial score (nSPS) is 15.1. The van der Waals surface area contributed by atoms with Gasteiger partial charge in [0.2, 0.25) is 5.82 Å². The number of fused-ring (bicyclic) bond motifs is 1. The fourth-order valence-corrected chi connectivity index (χ4v) is 2.66. The molecular weight excluding hydrogens is 369 g/mol. The predicted octanol–water partition coefficient (Wildman–Crippen LogP) is 4.48. The zero-order valence-corrected chi connectivity index (χ0v) is 14.1. The van der Waals surface area contributed by atoms with Crippen LogP contribution in [0.2, 0.25) is 0 Å². The van der Waals surface area contributed by atoms with Crippen LogP contribution in [0.25, 0.3) is 11.0 Å². The molecule has 0 spiro atoms. The van der Waals surface area contributed by atoms with Gasteiger partial charge in [0.15, 0.2) is 17.4 Å². The summed E-state index contributed by atoms with van der Waals surface area (Å²) in [4.78, 5) is 12.2. The summed E-state index contributed by atoms with van der Waals surface area (Å²) in [6.45, 7) is -0.312. The number of nitrogens with zero attached hydrogens (tertiary/aromatic N) is 4. The van der Waals surface area contributed by atoms with Gasteiger partial charge in [-0.25, -0.2) is 23.2 Å². The van der Waals surface area contributed by atoms with Gasteiger partial charge in [-0.3, -0.25) is 4.98 Å². The summed E-state index contributed by atoms with van der Waals surface area (Å²) in [6.07, 6.45) is 3.48. The van der Waals surface area contributed by atoms with Crippen LogP contribution in [0, 0.1) is 11.6 Å². The Balaban J connectivity index is 1.67. The van der Waals surface area contributed by atoms with E-state index in [1.54, 1.807) is 12.1 Å². The van der Waals surface area contributed by atoms with E-state index in [4.69, 9.17) is 16.5 Å². The van der Waals surface area contributed by atoms with E-state index in [1.807, 2.05) is 0 Å². The van der Waals surface area contributed by atoms with Crippen molar-refractivity contribution >= 4 is 34.3 Å². The minimum Gasteiger partial charge on any atom is -0.487 e. The van der Waals surface area contributed by atoms with Crippen LogP contribution in [-0.2, 0) is 0 Å². The third-order valence-corrected chi connectivity index (χ3v) is 4.42. The molecule has 0 radical (unpaired) electrons. The largest absolute Gasteiger partial charge is 0.487 e. The number of ether oxygens (including phenoxy) is 1. The van der Waals surface area contributed by atoms with E-state index in [-0.39, 0.29) is 23.9 Å². The Morgan fingerprint density at radius 3 is 2.69 bits per heavy atom. The van der Waals surface area contributed by atoms with Gasteiger partial charge >= 0.3 is 0 Å². The summed E-state index contributed by atoms with van der Waals surface area (Å²) < 4.78 is 48.3. The minimum absolute atomic E-state index is 0.102. The molecule has 4 rings (SSSR count). The molecule has 1 fully saturated rings. The fourth-order valence-electron chi connectivity index (χ4n) is 2.41. The van der Waals surface area contributed by atoms with Crippen molar-refractivity contribution in [3.05, 3.63) is 48.4 Å². The van der Waals surface area contributed by atoms with E-state index in [9.17, 15) is 13.2 Å². The van der Waals surface area contributed by atoms with Gasteiger partial charge in [0, 0.05) is 18.0 Å². The van der Waals surface area contributed by atoms with Crippen molar-refractivity contribution in [3.8, 4) is 5.75 Å². The number of benzene rings is 1. The van der Waals surface area contributed by atoms with E-state index < -0.39 is 17.3 Å². The molecule has 1 aliphatic rings. The van der Waals surface area contributed by atoms with Gasteiger partial charge in [-0.1, -0.05) is 0 Å². The summed E-state index contributed by atoms with van der Waals surface area (Å²) in [5.41, 5.74) is -0.880. The first-order valence-electron chi connectivity index (χ1n) is 7.80. The van der Waals surface area contributed by atoms with E-state index >= 15 is 0 Å². The molecule has 0 unspecified atom stereocenters. The van der Waals surface area contributed by atoms with Crippen LogP contribution < -0.4 is 9.16 Å².